The summed E-state index contributed by atoms with van der Waals surface area (Å²) in [6, 6.07) is 13.8. The molecule has 0 spiro atoms. The molecule has 1 aromatic heterocycles. The molecule has 0 aliphatic carbocycles. The average molecular weight is 480 g/mol. The molecule has 164 valence electrons. The van der Waals surface area contributed by atoms with Crippen molar-refractivity contribution < 1.29 is 13.2 Å². The summed E-state index contributed by atoms with van der Waals surface area (Å²) in [6.45, 7) is 2.45. The van der Waals surface area contributed by atoms with Crippen molar-refractivity contribution in [2.24, 2.45) is 0 Å². The van der Waals surface area contributed by atoms with Crippen molar-refractivity contribution in [1.82, 2.24) is 23.6 Å². The summed E-state index contributed by atoms with van der Waals surface area (Å²) in [5.74, 6) is 0.741. The molecule has 0 saturated carbocycles. The molecule has 4 rings (SSSR count). The fourth-order valence-corrected chi connectivity index (χ4v) is 5.23. The quantitative estimate of drug-likeness (QED) is 0.506. The first-order valence-corrected chi connectivity index (χ1v) is 11.9. The lowest BCUT2D eigenvalue weighted by molar-refractivity contribution is 0.144. The maximum absolute atomic E-state index is 12.8. The van der Waals surface area contributed by atoms with Crippen molar-refractivity contribution in [2.75, 3.05) is 33.3 Å². The van der Waals surface area contributed by atoms with E-state index in [2.05, 4.69) is 10.00 Å². The number of sulfonamides is 1. The Balaban J connectivity index is 1.42. The van der Waals surface area contributed by atoms with Crippen LogP contribution in [0.15, 0.2) is 59.8 Å². The average Bonchev–Trinajstić information content (AvgIpc) is 3.14. The number of hydrogen-bond donors (Lipinski definition) is 0. The molecule has 0 amide bonds. The molecule has 0 atom stereocenters. The molecular formula is C20H22ClN5O3S2. The highest BCUT2D eigenvalue weighted by Gasteiger charge is 2.28. The van der Waals surface area contributed by atoms with Gasteiger partial charge in [-0.2, -0.15) is 9.40 Å². The largest absolute Gasteiger partial charge is 0.497 e. The van der Waals surface area contributed by atoms with E-state index >= 15 is 0 Å². The predicted molar refractivity (Wildman–Crippen MR) is 121 cm³/mol. The lowest BCUT2D eigenvalue weighted by Crippen LogP contribution is -2.48. The van der Waals surface area contributed by atoms with Gasteiger partial charge < -0.3 is 4.74 Å². The molecule has 0 N–H and O–H groups in total. The fourth-order valence-electron chi connectivity index (χ4n) is 3.43. The third-order valence-electron chi connectivity index (χ3n) is 5.18. The number of methoxy groups -OCH3 is 1. The molecule has 0 radical (unpaired) electrons. The molecule has 0 bridgehead atoms. The molecule has 2 heterocycles. The Bertz CT molecular complexity index is 1220. The topological polar surface area (TPSA) is 72.6 Å². The minimum Gasteiger partial charge on any atom is -0.497 e. The van der Waals surface area contributed by atoms with Crippen molar-refractivity contribution in [3.8, 4) is 11.4 Å². The first-order valence-electron chi connectivity index (χ1n) is 9.65. The number of aromatic nitrogens is 3. The molecule has 11 heteroatoms. The Labute approximate surface area is 191 Å². The molecule has 1 aliphatic rings. The molecule has 31 heavy (non-hydrogen) atoms. The van der Waals surface area contributed by atoms with Crippen molar-refractivity contribution in [1.29, 1.82) is 0 Å². The van der Waals surface area contributed by atoms with Crippen molar-refractivity contribution >= 4 is 33.8 Å². The summed E-state index contributed by atoms with van der Waals surface area (Å²) in [7, 11) is -1.91. The molecule has 1 saturated heterocycles. The van der Waals surface area contributed by atoms with Gasteiger partial charge in [-0.3, -0.25) is 9.47 Å². The van der Waals surface area contributed by atoms with Crippen LogP contribution in [0.1, 0.15) is 0 Å². The van der Waals surface area contributed by atoms with Crippen LogP contribution >= 0.6 is 23.8 Å². The van der Waals surface area contributed by atoms with Gasteiger partial charge in [0.25, 0.3) is 0 Å². The lowest BCUT2D eigenvalue weighted by Gasteiger charge is -2.33. The highest BCUT2D eigenvalue weighted by Crippen LogP contribution is 2.20. The summed E-state index contributed by atoms with van der Waals surface area (Å²) in [5, 5.41) is 4.92. The molecule has 8 nitrogen and oxygen atoms in total. The second-order valence-electron chi connectivity index (χ2n) is 7.10. The van der Waals surface area contributed by atoms with Crippen LogP contribution in [-0.4, -0.2) is 65.3 Å². The molecule has 3 aromatic rings. The maximum Gasteiger partial charge on any atom is 0.243 e. The Morgan fingerprint density at radius 1 is 1.10 bits per heavy atom. The second kappa shape index (κ2) is 9.09. The van der Waals surface area contributed by atoms with E-state index in [0.717, 1.165) is 11.4 Å². The van der Waals surface area contributed by atoms with E-state index in [4.69, 9.17) is 28.6 Å². The standard InChI is InChI=1S/C20H22ClN5O3S2/c1-29-18-4-2-3-17(13-18)25-14-22-26(20(25)30)15-23-9-11-24(12-10-23)31(27,28)19-7-5-16(21)6-8-19/h2-8,13-14H,9-12,15H2,1H3. The van der Waals surface area contributed by atoms with Gasteiger partial charge in [0, 0.05) is 37.3 Å². The summed E-state index contributed by atoms with van der Waals surface area (Å²) in [5.41, 5.74) is 0.870. The first-order chi connectivity index (χ1) is 14.9. The molecular weight excluding hydrogens is 458 g/mol. The molecule has 1 fully saturated rings. The van der Waals surface area contributed by atoms with Crippen LogP contribution in [0.25, 0.3) is 5.69 Å². The van der Waals surface area contributed by atoms with Crippen LogP contribution in [-0.2, 0) is 16.7 Å². The van der Waals surface area contributed by atoms with Crippen LogP contribution in [0.5, 0.6) is 5.75 Å². The second-order valence-corrected chi connectivity index (χ2v) is 9.84. The summed E-state index contributed by atoms with van der Waals surface area (Å²) < 4.78 is 36.6. The van der Waals surface area contributed by atoms with E-state index in [1.165, 1.54) is 16.4 Å². The maximum atomic E-state index is 12.8. The smallest absolute Gasteiger partial charge is 0.243 e. The van der Waals surface area contributed by atoms with Gasteiger partial charge in [-0.25, -0.2) is 13.1 Å². The van der Waals surface area contributed by atoms with Crippen LogP contribution in [0.2, 0.25) is 5.02 Å². The Hall–Kier alpha value is -2.24. The number of hydrogen-bond acceptors (Lipinski definition) is 6. The Morgan fingerprint density at radius 2 is 1.81 bits per heavy atom. The third kappa shape index (κ3) is 4.68. The zero-order valence-electron chi connectivity index (χ0n) is 16.9. The number of benzene rings is 2. The van der Waals surface area contributed by atoms with Gasteiger partial charge in [-0.05, 0) is 48.6 Å². The third-order valence-corrected chi connectivity index (χ3v) is 7.75. The van der Waals surface area contributed by atoms with Gasteiger partial charge in [-0.15, -0.1) is 0 Å². The van der Waals surface area contributed by atoms with Gasteiger partial charge in [0.1, 0.15) is 12.1 Å². The molecule has 0 unspecified atom stereocenters. The van der Waals surface area contributed by atoms with E-state index in [-0.39, 0.29) is 4.90 Å². The highest BCUT2D eigenvalue weighted by atomic mass is 35.5. The highest BCUT2D eigenvalue weighted by molar-refractivity contribution is 7.89. The number of piperazine rings is 1. The van der Waals surface area contributed by atoms with E-state index in [9.17, 15) is 8.42 Å². The summed E-state index contributed by atoms with van der Waals surface area (Å²) >= 11 is 11.5. The van der Waals surface area contributed by atoms with Gasteiger partial charge in [0.15, 0.2) is 0 Å². The minimum absolute atomic E-state index is 0.254. The minimum atomic E-state index is -3.53. The lowest BCUT2D eigenvalue weighted by atomic mass is 10.3. The van der Waals surface area contributed by atoms with Crippen LogP contribution < -0.4 is 4.74 Å². The monoisotopic (exact) mass is 479 g/mol. The van der Waals surface area contributed by atoms with Crippen LogP contribution in [0.3, 0.4) is 0 Å². The molecule has 2 aromatic carbocycles. The zero-order chi connectivity index (χ0) is 22.0. The predicted octanol–water partition coefficient (Wildman–Crippen LogP) is 3.03. The van der Waals surface area contributed by atoms with E-state index in [1.54, 1.807) is 30.3 Å². The number of nitrogens with zero attached hydrogens (tertiary/aromatic N) is 5. The van der Waals surface area contributed by atoms with E-state index in [1.807, 2.05) is 28.8 Å². The van der Waals surface area contributed by atoms with E-state index < -0.39 is 10.0 Å². The van der Waals surface area contributed by atoms with Gasteiger partial charge >= 0.3 is 0 Å². The SMILES string of the molecule is COc1cccc(-n2cnn(CN3CCN(S(=O)(=O)c4ccc(Cl)cc4)CC3)c2=S)c1. The van der Waals surface area contributed by atoms with Crippen molar-refractivity contribution in [2.45, 2.75) is 11.6 Å². The number of halogens is 1. The summed E-state index contributed by atoms with van der Waals surface area (Å²) in [4.78, 5) is 2.39. The first kappa shape index (κ1) is 22.0. The fraction of sp³-hybridized carbons (Fsp3) is 0.300. The zero-order valence-corrected chi connectivity index (χ0v) is 19.3. The van der Waals surface area contributed by atoms with E-state index in [0.29, 0.717) is 42.6 Å². The van der Waals surface area contributed by atoms with Gasteiger partial charge in [0.2, 0.25) is 14.8 Å². The Kier molecular flexibility index (Phi) is 6.44. The number of ether oxygens (including phenoxy) is 1. The van der Waals surface area contributed by atoms with Crippen molar-refractivity contribution in [3.63, 3.8) is 0 Å². The Morgan fingerprint density at radius 3 is 2.48 bits per heavy atom. The normalized spacial score (nSPS) is 15.8. The summed E-state index contributed by atoms with van der Waals surface area (Å²) in [6.07, 6.45) is 1.68. The van der Waals surface area contributed by atoms with Gasteiger partial charge in [0.05, 0.1) is 24.4 Å². The number of rotatable bonds is 6. The van der Waals surface area contributed by atoms with Crippen molar-refractivity contribution in [3.05, 3.63) is 64.7 Å². The van der Waals surface area contributed by atoms with Gasteiger partial charge in [-0.1, -0.05) is 17.7 Å². The van der Waals surface area contributed by atoms with Crippen LogP contribution in [0, 0.1) is 4.77 Å². The molecule has 1 aliphatic heterocycles. The van der Waals surface area contributed by atoms with Crippen LogP contribution in [0.4, 0.5) is 0 Å².